The van der Waals surface area contributed by atoms with Gasteiger partial charge in [0.1, 0.15) is 13.2 Å². The molecule has 0 saturated carbocycles. The highest BCUT2D eigenvalue weighted by atomic mass is 16.6. The van der Waals surface area contributed by atoms with Crippen LogP contribution in [0.4, 0.5) is 0 Å². The van der Waals surface area contributed by atoms with Gasteiger partial charge in [-0.1, -0.05) is 245 Å². The first-order valence-corrected chi connectivity index (χ1v) is 26.7. The molecule has 0 aromatic rings. The summed E-state index contributed by atoms with van der Waals surface area (Å²) in [6, 6.07) is 0. The number of hydrogen-bond acceptors (Lipinski definition) is 6. The molecule has 0 aliphatic heterocycles. The molecular weight excluding hydrogens is 745 g/mol. The minimum atomic E-state index is -0.771. The van der Waals surface area contributed by atoms with Gasteiger partial charge in [-0.15, -0.1) is 0 Å². The molecule has 1 unspecified atom stereocenters. The van der Waals surface area contributed by atoms with E-state index in [0.717, 1.165) is 70.6 Å². The maximum absolute atomic E-state index is 12.8. The molecule has 1 atom stereocenters. The zero-order chi connectivity index (χ0) is 43.7. The maximum atomic E-state index is 12.8. The summed E-state index contributed by atoms with van der Waals surface area (Å²) in [6.45, 7) is 6.66. The average molecular weight is 847 g/mol. The van der Waals surface area contributed by atoms with E-state index in [1.165, 1.54) is 186 Å². The number of rotatable bonds is 49. The highest BCUT2D eigenvalue weighted by molar-refractivity contribution is 5.71. The minimum absolute atomic E-state index is 0.0706. The summed E-state index contributed by atoms with van der Waals surface area (Å²) in [6.07, 6.45) is 54.8. The van der Waals surface area contributed by atoms with E-state index >= 15 is 0 Å². The molecule has 0 spiro atoms. The Hall–Kier alpha value is -1.85. The topological polar surface area (TPSA) is 78.9 Å². The van der Waals surface area contributed by atoms with E-state index in [1.807, 2.05) is 0 Å². The fraction of sp³-hybridized carbons (Fsp3) is 0.907. The fourth-order valence-corrected chi connectivity index (χ4v) is 7.97. The van der Waals surface area contributed by atoms with E-state index in [1.54, 1.807) is 0 Å². The van der Waals surface area contributed by atoms with Gasteiger partial charge in [-0.2, -0.15) is 0 Å². The van der Waals surface area contributed by atoms with E-state index in [9.17, 15) is 14.4 Å². The van der Waals surface area contributed by atoms with Gasteiger partial charge in [-0.3, -0.25) is 14.4 Å². The van der Waals surface area contributed by atoms with Gasteiger partial charge in [0.15, 0.2) is 6.10 Å². The van der Waals surface area contributed by atoms with Gasteiger partial charge in [-0.25, -0.2) is 0 Å². The number of allylic oxidation sites excluding steroid dienone is 2. The normalized spacial score (nSPS) is 12.0. The molecule has 0 amide bonds. The standard InChI is InChI=1S/C54H102O6/c1-4-7-10-13-16-19-22-25-27-30-32-35-38-41-44-47-53(56)59-50-51(49-58-52(55)46-43-40-37-34-31-28-24-21-18-15-12-9-6-3)60-54(57)48-45-42-39-36-33-29-26-23-20-17-14-11-8-5-2/h29,33,51H,4-28,30-32,34-50H2,1-3H3/b33-29-. The minimum Gasteiger partial charge on any atom is -0.462 e. The second-order valence-corrected chi connectivity index (χ2v) is 18.2. The zero-order valence-electron chi connectivity index (χ0n) is 40.5. The lowest BCUT2D eigenvalue weighted by Crippen LogP contribution is -2.30. The molecule has 6 nitrogen and oxygen atoms in total. The number of esters is 3. The summed E-state index contributed by atoms with van der Waals surface area (Å²) < 4.78 is 16.8. The van der Waals surface area contributed by atoms with E-state index < -0.39 is 6.10 Å². The van der Waals surface area contributed by atoms with Crippen molar-refractivity contribution < 1.29 is 28.6 Å². The smallest absolute Gasteiger partial charge is 0.306 e. The van der Waals surface area contributed by atoms with Crippen LogP contribution in [0.25, 0.3) is 0 Å². The third-order valence-corrected chi connectivity index (χ3v) is 12.0. The van der Waals surface area contributed by atoms with Crippen LogP contribution < -0.4 is 0 Å². The van der Waals surface area contributed by atoms with Gasteiger partial charge in [-0.05, 0) is 44.9 Å². The number of unbranched alkanes of at least 4 members (excludes halogenated alkanes) is 36. The predicted molar refractivity (Wildman–Crippen MR) is 256 cm³/mol. The second kappa shape index (κ2) is 49.8. The Labute approximate surface area is 373 Å². The van der Waals surface area contributed by atoms with Crippen molar-refractivity contribution >= 4 is 17.9 Å². The van der Waals surface area contributed by atoms with Crippen LogP contribution in [0.2, 0.25) is 0 Å². The van der Waals surface area contributed by atoms with Gasteiger partial charge in [0.2, 0.25) is 0 Å². The molecular formula is C54H102O6. The quantitative estimate of drug-likeness (QED) is 0.0263. The summed E-state index contributed by atoms with van der Waals surface area (Å²) in [5, 5.41) is 0. The van der Waals surface area contributed by atoms with Crippen molar-refractivity contribution in [1.82, 2.24) is 0 Å². The molecule has 354 valence electrons. The van der Waals surface area contributed by atoms with Crippen molar-refractivity contribution in [2.45, 2.75) is 303 Å². The number of carbonyl (C=O) groups excluding carboxylic acids is 3. The number of hydrogen-bond donors (Lipinski definition) is 0. The molecule has 0 rings (SSSR count). The lowest BCUT2D eigenvalue weighted by Gasteiger charge is -2.18. The number of ether oxygens (including phenoxy) is 3. The molecule has 6 heteroatoms. The summed E-state index contributed by atoms with van der Waals surface area (Å²) in [7, 11) is 0. The van der Waals surface area contributed by atoms with Crippen molar-refractivity contribution in [3.05, 3.63) is 12.2 Å². The average Bonchev–Trinajstić information content (AvgIpc) is 3.24. The van der Waals surface area contributed by atoms with Crippen LogP contribution in [0.5, 0.6) is 0 Å². The summed E-state index contributed by atoms with van der Waals surface area (Å²) >= 11 is 0. The molecule has 0 aromatic heterocycles. The number of carbonyl (C=O) groups is 3. The van der Waals surface area contributed by atoms with Gasteiger partial charge in [0.05, 0.1) is 0 Å². The van der Waals surface area contributed by atoms with Crippen molar-refractivity contribution in [2.24, 2.45) is 0 Å². The second-order valence-electron chi connectivity index (χ2n) is 18.2. The largest absolute Gasteiger partial charge is 0.462 e. The van der Waals surface area contributed by atoms with Gasteiger partial charge >= 0.3 is 17.9 Å². The molecule has 0 saturated heterocycles. The van der Waals surface area contributed by atoms with Crippen LogP contribution in [0.1, 0.15) is 297 Å². The first-order chi connectivity index (χ1) is 29.5. The van der Waals surface area contributed by atoms with Crippen LogP contribution >= 0.6 is 0 Å². The Morgan fingerprint density at radius 1 is 0.317 bits per heavy atom. The Bertz CT molecular complexity index is 931. The van der Waals surface area contributed by atoms with Crippen LogP contribution in [0.15, 0.2) is 12.2 Å². The van der Waals surface area contributed by atoms with Crippen molar-refractivity contribution in [3.8, 4) is 0 Å². The molecule has 0 aromatic carbocycles. The molecule has 60 heavy (non-hydrogen) atoms. The summed E-state index contributed by atoms with van der Waals surface area (Å²) in [5.74, 6) is -0.868. The Kier molecular flexibility index (Phi) is 48.3. The van der Waals surface area contributed by atoms with E-state index in [4.69, 9.17) is 14.2 Å². The maximum Gasteiger partial charge on any atom is 0.306 e. The molecule has 0 aliphatic carbocycles. The van der Waals surface area contributed by atoms with E-state index in [2.05, 4.69) is 32.9 Å². The SMILES string of the molecule is CCCCCCCCC/C=C\CCCCCC(=O)OC(COC(=O)CCCCCCCCCCCCCCC)COC(=O)CCCCCCCCCCCCCCCCC. The molecule has 0 N–H and O–H groups in total. The molecule has 0 bridgehead atoms. The van der Waals surface area contributed by atoms with E-state index in [0.29, 0.717) is 19.3 Å². The van der Waals surface area contributed by atoms with Gasteiger partial charge < -0.3 is 14.2 Å². The predicted octanol–water partition coefficient (Wildman–Crippen LogP) is 17.4. The lowest BCUT2D eigenvalue weighted by atomic mass is 10.0. The lowest BCUT2D eigenvalue weighted by molar-refractivity contribution is -0.167. The highest BCUT2D eigenvalue weighted by Gasteiger charge is 2.19. The van der Waals surface area contributed by atoms with Gasteiger partial charge in [0, 0.05) is 19.3 Å². The summed E-state index contributed by atoms with van der Waals surface area (Å²) in [5.41, 5.74) is 0. The first-order valence-electron chi connectivity index (χ1n) is 26.7. The van der Waals surface area contributed by atoms with Crippen LogP contribution in [0.3, 0.4) is 0 Å². The first kappa shape index (κ1) is 58.1. The van der Waals surface area contributed by atoms with Gasteiger partial charge in [0.25, 0.3) is 0 Å². The Morgan fingerprint density at radius 3 is 0.850 bits per heavy atom. The van der Waals surface area contributed by atoms with Crippen molar-refractivity contribution in [2.75, 3.05) is 13.2 Å². The highest BCUT2D eigenvalue weighted by Crippen LogP contribution is 2.16. The summed E-state index contributed by atoms with van der Waals surface area (Å²) in [4.78, 5) is 38.0. The van der Waals surface area contributed by atoms with E-state index in [-0.39, 0.29) is 31.1 Å². The zero-order valence-corrected chi connectivity index (χ0v) is 40.5. The Balaban J connectivity index is 4.34. The third-order valence-electron chi connectivity index (χ3n) is 12.0. The molecule has 0 radical (unpaired) electrons. The van der Waals surface area contributed by atoms with Crippen molar-refractivity contribution in [3.63, 3.8) is 0 Å². The fourth-order valence-electron chi connectivity index (χ4n) is 7.97. The Morgan fingerprint density at radius 2 is 0.550 bits per heavy atom. The molecule has 0 aliphatic rings. The van der Waals surface area contributed by atoms with Crippen LogP contribution in [-0.2, 0) is 28.6 Å². The van der Waals surface area contributed by atoms with Crippen molar-refractivity contribution in [1.29, 1.82) is 0 Å². The molecule has 0 fully saturated rings. The third kappa shape index (κ3) is 47.2. The van der Waals surface area contributed by atoms with Crippen LogP contribution in [-0.4, -0.2) is 37.2 Å². The van der Waals surface area contributed by atoms with Crippen LogP contribution in [0, 0.1) is 0 Å². The molecule has 0 heterocycles. The monoisotopic (exact) mass is 847 g/mol.